The Morgan fingerprint density at radius 3 is 3.05 bits per heavy atom. The lowest BCUT2D eigenvalue weighted by molar-refractivity contribution is 0.514. The molecule has 3 nitrogen and oxygen atoms in total. The fraction of sp³-hybridized carbons (Fsp3) is 0.533. The average Bonchev–Trinajstić information content (AvgIpc) is 2.76. The lowest BCUT2D eigenvalue weighted by atomic mass is 10.2. The number of aromatic nitrogens is 2. The minimum absolute atomic E-state index is 0.437. The van der Waals surface area contributed by atoms with E-state index in [-0.39, 0.29) is 0 Å². The van der Waals surface area contributed by atoms with Crippen LogP contribution in [0.15, 0.2) is 22.7 Å². The largest absolute Gasteiger partial charge is 0.325 e. The van der Waals surface area contributed by atoms with E-state index in [4.69, 9.17) is 4.98 Å². The van der Waals surface area contributed by atoms with Crippen LogP contribution in [0.3, 0.4) is 0 Å². The molecule has 0 radical (unpaired) electrons. The standard InChI is InChI=1S/C15H20BrN3S/c1-10(2)19-14-4-3-11(16)7-13(14)18-15(19)8-12-9-20-6-5-17-12/h3-4,7,10,12,17H,5-6,8-9H2,1-2H3. The molecule has 0 aliphatic carbocycles. The maximum atomic E-state index is 4.87. The monoisotopic (exact) mass is 353 g/mol. The van der Waals surface area contributed by atoms with Crippen molar-refractivity contribution in [3.05, 3.63) is 28.5 Å². The normalized spacial score (nSPS) is 19.9. The van der Waals surface area contributed by atoms with Crippen molar-refractivity contribution in [2.24, 2.45) is 0 Å². The fourth-order valence-electron chi connectivity index (χ4n) is 2.81. The highest BCUT2D eigenvalue weighted by molar-refractivity contribution is 9.10. The van der Waals surface area contributed by atoms with E-state index < -0.39 is 0 Å². The zero-order valence-electron chi connectivity index (χ0n) is 11.9. The third-order valence-electron chi connectivity index (χ3n) is 3.67. The fourth-order valence-corrected chi connectivity index (χ4v) is 4.11. The predicted molar refractivity (Wildman–Crippen MR) is 90.6 cm³/mol. The van der Waals surface area contributed by atoms with Gasteiger partial charge in [0.1, 0.15) is 5.82 Å². The van der Waals surface area contributed by atoms with Gasteiger partial charge in [-0.2, -0.15) is 11.8 Å². The number of benzene rings is 1. The van der Waals surface area contributed by atoms with Gasteiger partial charge in [-0.15, -0.1) is 0 Å². The number of imidazole rings is 1. The molecule has 0 spiro atoms. The molecule has 1 aliphatic rings. The first-order chi connectivity index (χ1) is 9.65. The number of hydrogen-bond acceptors (Lipinski definition) is 3. The van der Waals surface area contributed by atoms with E-state index in [0.29, 0.717) is 12.1 Å². The molecule has 2 heterocycles. The molecule has 108 valence electrons. The van der Waals surface area contributed by atoms with Crippen LogP contribution < -0.4 is 5.32 Å². The van der Waals surface area contributed by atoms with Crippen LogP contribution in [0.1, 0.15) is 25.7 Å². The van der Waals surface area contributed by atoms with E-state index >= 15 is 0 Å². The van der Waals surface area contributed by atoms with E-state index in [2.05, 4.69) is 57.9 Å². The summed E-state index contributed by atoms with van der Waals surface area (Å²) in [5.41, 5.74) is 2.33. The first kappa shape index (κ1) is 14.4. The molecule has 3 rings (SSSR count). The lowest BCUT2D eigenvalue weighted by Gasteiger charge is -2.23. The van der Waals surface area contributed by atoms with Crippen molar-refractivity contribution in [1.29, 1.82) is 0 Å². The van der Waals surface area contributed by atoms with Gasteiger partial charge in [0.2, 0.25) is 0 Å². The second-order valence-corrected chi connectivity index (χ2v) is 7.62. The Morgan fingerprint density at radius 2 is 2.35 bits per heavy atom. The van der Waals surface area contributed by atoms with Gasteiger partial charge < -0.3 is 9.88 Å². The van der Waals surface area contributed by atoms with Crippen molar-refractivity contribution in [3.63, 3.8) is 0 Å². The van der Waals surface area contributed by atoms with Gasteiger partial charge in [-0.3, -0.25) is 0 Å². The molecule has 1 aromatic carbocycles. The highest BCUT2D eigenvalue weighted by atomic mass is 79.9. The summed E-state index contributed by atoms with van der Waals surface area (Å²) in [4.78, 5) is 4.87. The van der Waals surface area contributed by atoms with Gasteiger partial charge in [-0.05, 0) is 32.0 Å². The Morgan fingerprint density at radius 1 is 1.50 bits per heavy atom. The molecule has 1 aromatic heterocycles. The number of nitrogens with zero attached hydrogens (tertiary/aromatic N) is 2. The minimum Gasteiger partial charge on any atom is -0.325 e. The van der Waals surface area contributed by atoms with Crippen molar-refractivity contribution < 1.29 is 0 Å². The summed E-state index contributed by atoms with van der Waals surface area (Å²) in [5.74, 6) is 3.61. The minimum atomic E-state index is 0.437. The Kier molecular flexibility index (Phi) is 4.38. The first-order valence-electron chi connectivity index (χ1n) is 7.12. The number of rotatable bonds is 3. The zero-order valence-corrected chi connectivity index (χ0v) is 14.3. The SMILES string of the molecule is CC(C)n1c(CC2CSCCN2)nc2cc(Br)ccc21. The number of halogens is 1. The molecular formula is C15H20BrN3S. The lowest BCUT2D eigenvalue weighted by Crippen LogP contribution is -2.39. The molecule has 0 amide bonds. The van der Waals surface area contributed by atoms with Crippen molar-refractivity contribution in [2.75, 3.05) is 18.1 Å². The molecule has 1 unspecified atom stereocenters. The van der Waals surface area contributed by atoms with Crippen molar-refractivity contribution in [3.8, 4) is 0 Å². The first-order valence-corrected chi connectivity index (χ1v) is 9.07. The summed E-state index contributed by atoms with van der Waals surface area (Å²) in [7, 11) is 0. The quantitative estimate of drug-likeness (QED) is 0.913. The third-order valence-corrected chi connectivity index (χ3v) is 5.29. The Hall–Kier alpha value is -0.520. The van der Waals surface area contributed by atoms with E-state index in [9.17, 15) is 0 Å². The summed E-state index contributed by atoms with van der Waals surface area (Å²) in [5, 5.41) is 3.61. The van der Waals surface area contributed by atoms with E-state index in [1.54, 1.807) is 0 Å². The molecule has 1 fully saturated rings. The molecule has 1 N–H and O–H groups in total. The highest BCUT2D eigenvalue weighted by Gasteiger charge is 2.19. The second kappa shape index (κ2) is 6.08. The number of fused-ring (bicyclic) bond motifs is 1. The Balaban J connectivity index is 1.97. The van der Waals surface area contributed by atoms with Crippen LogP contribution in [-0.2, 0) is 6.42 Å². The van der Waals surface area contributed by atoms with Gasteiger partial charge >= 0.3 is 0 Å². The molecule has 1 aliphatic heterocycles. The van der Waals surface area contributed by atoms with E-state index in [1.807, 2.05) is 11.8 Å². The van der Waals surface area contributed by atoms with Gasteiger partial charge in [0.25, 0.3) is 0 Å². The molecular weight excluding hydrogens is 334 g/mol. The predicted octanol–water partition coefficient (Wildman–Crippen LogP) is 3.63. The van der Waals surface area contributed by atoms with Gasteiger partial charge in [-0.1, -0.05) is 15.9 Å². The molecule has 1 atom stereocenters. The number of hydrogen-bond donors (Lipinski definition) is 1. The summed E-state index contributed by atoms with van der Waals surface area (Å²) in [6.07, 6.45) is 1.01. The number of nitrogens with one attached hydrogen (secondary N) is 1. The van der Waals surface area contributed by atoms with Crippen LogP contribution in [0, 0.1) is 0 Å². The summed E-state index contributed by atoms with van der Waals surface area (Å²) < 4.78 is 3.47. The van der Waals surface area contributed by atoms with Gasteiger partial charge in [0.05, 0.1) is 11.0 Å². The maximum absolute atomic E-state index is 4.87. The number of thioether (sulfide) groups is 1. The van der Waals surface area contributed by atoms with Crippen LogP contribution in [0.5, 0.6) is 0 Å². The highest BCUT2D eigenvalue weighted by Crippen LogP contribution is 2.25. The summed E-state index contributed by atoms with van der Waals surface area (Å²) in [6.45, 7) is 5.58. The van der Waals surface area contributed by atoms with Crippen LogP contribution in [0.2, 0.25) is 0 Å². The smallest absolute Gasteiger partial charge is 0.111 e. The zero-order chi connectivity index (χ0) is 14.1. The van der Waals surface area contributed by atoms with E-state index in [1.165, 1.54) is 22.8 Å². The molecule has 5 heteroatoms. The van der Waals surface area contributed by atoms with Crippen LogP contribution in [0.4, 0.5) is 0 Å². The third kappa shape index (κ3) is 2.90. The van der Waals surface area contributed by atoms with Crippen LogP contribution in [-0.4, -0.2) is 33.6 Å². The maximum Gasteiger partial charge on any atom is 0.111 e. The van der Waals surface area contributed by atoms with Gasteiger partial charge in [-0.25, -0.2) is 4.98 Å². The summed E-state index contributed by atoms with van der Waals surface area (Å²) in [6, 6.07) is 7.36. The Bertz CT molecular complexity index is 602. The molecule has 0 bridgehead atoms. The van der Waals surface area contributed by atoms with Crippen molar-refractivity contribution >= 4 is 38.7 Å². The van der Waals surface area contributed by atoms with Crippen molar-refractivity contribution in [1.82, 2.24) is 14.9 Å². The van der Waals surface area contributed by atoms with Crippen LogP contribution in [0.25, 0.3) is 11.0 Å². The van der Waals surface area contributed by atoms with Gasteiger partial charge in [0, 0.05) is 41.0 Å². The topological polar surface area (TPSA) is 29.9 Å². The molecule has 2 aromatic rings. The van der Waals surface area contributed by atoms with Crippen LogP contribution >= 0.6 is 27.7 Å². The average molecular weight is 354 g/mol. The van der Waals surface area contributed by atoms with Crippen molar-refractivity contribution in [2.45, 2.75) is 32.4 Å². The summed E-state index contributed by atoms with van der Waals surface area (Å²) >= 11 is 5.58. The Labute approximate surface area is 132 Å². The van der Waals surface area contributed by atoms with E-state index in [0.717, 1.165) is 23.0 Å². The van der Waals surface area contributed by atoms with Gasteiger partial charge in [0.15, 0.2) is 0 Å². The molecule has 1 saturated heterocycles. The molecule has 0 saturated carbocycles. The second-order valence-electron chi connectivity index (χ2n) is 5.55. The molecule has 20 heavy (non-hydrogen) atoms.